The highest BCUT2D eigenvalue weighted by Crippen LogP contribution is 2.23. The van der Waals surface area contributed by atoms with Crippen molar-refractivity contribution in [1.29, 1.82) is 0 Å². The summed E-state index contributed by atoms with van der Waals surface area (Å²) in [5, 5.41) is 0. The van der Waals surface area contributed by atoms with Gasteiger partial charge in [0.15, 0.2) is 4.90 Å². The number of aryl methyl sites for hydroxylation is 1. The molecule has 0 atom stereocenters. The summed E-state index contributed by atoms with van der Waals surface area (Å²) in [6.45, 7) is 2.19. The number of carbonyl (C=O) groups is 1. The number of piperazine rings is 1. The largest absolute Gasteiger partial charge is 0.337 e. The minimum absolute atomic E-state index is 0.0276. The van der Waals surface area contributed by atoms with Crippen LogP contribution in [-0.2, 0) is 14.8 Å². The Bertz CT molecular complexity index is 994. The molecule has 8 heteroatoms. The average Bonchev–Trinajstić information content (AvgIpc) is 2.66. The van der Waals surface area contributed by atoms with Crippen molar-refractivity contribution in [3.05, 3.63) is 71.3 Å². The third-order valence-corrected chi connectivity index (χ3v) is 6.48. The molecule has 1 aliphatic rings. The van der Waals surface area contributed by atoms with Crippen molar-refractivity contribution in [1.82, 2.24) is 9.21 Å². The number of amides is 1. The fourth-order valence-corrected chi connectivity index (χ4v) is 4.58. The van der Waals surface area contributed by atoms with Crippen LogP contribution >= 0.6 is 0 Å². The van der Waals surface area contributed by atoms with E-state index in [-0.39, 0.29) is 32.1 Å². The van der Waals surface area contributed by atoms with E-state index < -0.39 is 26.6 Å². The van der Waals surface area contributed by atoms with E-state index in [0.29, 0.717) is 0 Å². The van der Waals surface area contributed by atoms with E-state index in [1.807, 2.05) is 31.2 Å². The van der Waals surface area contributed by atoms with Crippen molar-refractivity contribution in [3.63, 3.8) is 0 Å². The second kappa shape index (κ2) is 8.20. The van der Waals surface area contributed by atoms with Gasteiger partial charge in [-0.15, -0.1) is 0 Å². The number of hydrogen-bond donors (Lipinski definition) is 0. The molecule has 2 aromatic rings. The lowest BCUT2D eigenvalue weighted by Gasteiger charge is -2.33. The first-order valence-electron chi connectivity index (χ1n) is 8.77. The molecule has 0 unspecified atom stereocenters. The van der Waals surface area contributed by atoms with Gasteiger partial charge in [-0.2, -0.15) is 4.31 Å². The number of sulfonamides is 1. The van der Waals surface area contributed by atoms with Crippen molar-refractivity contribution in [2.24, 2.45) is 0 Å². The van der Waals surface area contributed by atoms with Gasteiger partial charge in [0.05, 0.1) is 0 Å². The zero-order valence-corrected chi connectivity index (χ0v) is 16.1. The van der Waals surface area contributed by atoms with Crippen LogP contribution in [0.5, 0.6) is 0 Å². The van der Waals surface area contributed by atoms with Crippen LogP contribution in [-0.4, -0.2) is 49.7 Å². The molecule has 28 heavy (non-hydrogen) atoms. The Hall–Kier alpha value is -2.58. The maximum atomic E-state index is 13.9. The van der Waals surface area contributed by atoms with Gasteiger partial charge in [-0.25, -0.2) is 17.2 Å². The number of nitrogens with zero attached hydrogens (tertiary/aromatic N) is 2. The Morgan fingerprint density at radius 1 is 1.00 bits per heavy atom. The van der Waals surface area contributed by atoms with Gasteiger partial charge in [-0.3, -0.25) is 4.79 Å². The summed E-state index contributed by atoms with van der Waals surface area (Å²) in [6.07, 6.45) is 3.14. The summed E-state index contributed by atoms with van der Waals surface area (Å²) in [5.74, 6) is -2.49. The van der Waals surface area contributed by atoms with Crippen LogP contribution in [0.1, 0.15) is 11.1 Å². The first-order chi connectivity index (χ1) is 13.3. The molecular formula is C20H20F2N2O3S. The predicted molar refractivity (Wildman–Crippen MR) is 102 cm³/mol. The number of rotatable bonds is 4. The molecule has 0 spiro atoms. The van der Waals surface area contributed by atoms with Gasteiger partial charge >= 0.3 is 0 Å². The van der Waals surface area contributed by atoms with E-state index in [4.69, 9.17) is 0 Å². The lowest BCUT2D eigenvalue weighted by atomic mass is 10.1. The van der Waals surface area contributed by atoms with Crippen LogP contribution in [0.25, 0.3) is 6.08 Å². The van der Waals surface area contributed by atoms with E-state index in [2.05, 4.69) is 0 Å². The summed E-state index contributed by atoms with van der Waals surface area (Å²) < 4.78 is 53.9. The van der Waals surface area contributed by atoms with Crippen LogP contribution in [0.4, 0.5) is 8.78 Å². The fourth-order valence-electron chi connectivity index (χ4n) is 3.05. The zero-order valence-electron chi connectivity index (χ0n) is 15.3. The van der Waals surface area contributed by atoms with E-state index in [1.165, 1.54) is 11.0 Å². The SMILES string of the molecule is Cc1cccc(/C=C/C(=O)N2CCN(S(=O)(=O)c3c(F)cccc3F)CC2)c1. The van der Waals surface area contributed by atoms with Gasteiger partial charge in [0, 0.05) is 32.3 Å². The molecule has 148 valence electrons. The van der Waals surface area contributed by atoms with Gasteiger partial charge in [0.1, 0.15) is 11.6 Å². The second-order valence-electron chi connectivity index (χ2n) is 6.53. The van der Waals surface area contributed by atoms with Gasteiger partial charge in [-0.1, -0.05) is 35.9 Å². The molecule has 0 saturated carbocycles. The van der Waals surface area contributed by atoms with Crippen molar-refractivity contribution in [2.75, 3.05) is 26.2 Å². The van der Waals surface area contributed by atoms with E-state index >= 15 is 0 Å². The van der Waals surface area contributed by atoms with Crippen LogP contribution in [0, 0.1) is 18.6 Å². The molecule has 1 amide bonds. The summed E-state index contributed by atoms with van der Waals surface area (Å²) in [6, 6.07) is 10.6. The Kier molecular flexibility index (Phi) is 5.90. The maximum Gasteiger partial charge on any atom is 0.249 e. The summed E-state index contributed by atoms with van der Waals surface area (Å²) in [5.41, 5.74) is 1.97. The molecule has 1 heterocycles. The molecule has 0 radical (unpaired) electrons. The van der Waals surface area contributed by atoms with Crippen molar-refractivity contribution < 1.29 is 22.0 Å². The monoisotopic (exact) mass is 406 g/mol. The topological polar surface area (TPSA) is 57.7 Å². The fraction of sp³-hybridized carbons (Fsp3) is 0.250. The normalized spacial score (nSPS) is 15.9. The first kappa shape index (κ1) is 20.2. The van der Waals surface area contributed by atoms with E-state index in [9.17, 15) is 22.0 Å². The van der Waals surface area contributed by atoms with Crippen LogP contribution in [0.3, 0.4) is 0 Å². The summed E-state index contributed by atoms with van der Waals surface area (Å²) >= 11 is 0. The highest BCUT2D eigenvalue weighted by Gasteiger charge is 2.33. The van der Waals surface area contributed by atoms with Gasteiger partial charge in [-0.05, 0) is 30.7 Å². The predicted octanol–water partition coefficient (Wildman–Crippen LogP) is 2.82. The molecule has 1 aliphatic heterocycles. The van der Waals surface area contributed by atoms with Gasteiger partial charge in [0.25, 0.3) is 0 Å². The standard InChI is InChI=1S/C20H20F2N2O3S/c1-15-4-2-5-16(14-15)8-9-19(25)23-10-12-24(13-11-23)28(26,27)20-17(21)6-3-7-18(20)22/h2-9,14H,10-13H2,1H3/b9-8+. The molecular weight excluding hydrogens is 386 g/mol. The Morgan fingerprint density at radius 2 is 1.61 bits per heavy atom. The third kappa shape index (κ3) is 4.28. The molecule has 1 saturated heterocycles. The minimum atomic E-state index is -4.31. The molecule has 3 rings (SSSR count). The Morgan fingerprint density at radius 3 is 2.21 bits per heavy atom. The number of halogens is 2. The van der Waals surface area contributed by atoms with Crippen molar-refractivity contribution in [3.8, 4) is 0 Å². The Balaban J connectivity index is 1.66. The lowest BCUT2D eigenvalue weighted by Crippen LogP contribution is -2.50. The van der Waals surface area contributed by atoms with Crippen molar-refractivity contribution >= 4 is 22.0 Å². The molecule has 0 N–H and O–H groups in total. The highest BCUT2D eigenvalue weighted by molar-refractivity contribution is 7.89. The zero-order chi connectivity index (χ0) is 20.3. The average molecular weight is 406 g/mol. The Labute approximate surface area is 162 Å². The molecule has 0 aliphatic carbocycles. The van der Waals surface area contributed by atoms with Crippen LogP contribution < -0.4 is 0 Å². The summed E-state index contributed by atoms with van der Waals surface area (Å²) in [7, 11) is -4.31. The first-order valence-corrected chi connectivity index (χ1v) is 10.2. The van der Waals surface area contributed by atoms with Gasteiger partial charge < -0.3 is 4.90 Å². The minimum Gasteiger partial charge on any atom is -0.337 e. The number of hydrogen-bond acceptors (Lipinski definition) is 3. The third-order valence-electron chi connectivity index (χ3n) is 4.53. The molecule has 0 bridgehead atoms. The smallest absolute Gasteiger partial charge is 0.249 e. The number of benzene rings is 2. The molecule has 0 aromatic heterocycles. The number of carbonyl (C=O) groups excluding carboxylic acids is 1. The van der Waals surface area contributed by atoms with Gasteiger partial charge in [0.2, 0.25) is 15.9 Å². The van der Waals surface area contributed by atoms with Crippen molar-refractivity contribution in [2.45, 2.75) is 11.8 Å². The molecule has 1 fully saturated rings. The van der Waals surface area contributed by atoms with Crippen LogP contribution in [0.15, 0.2) is 53.4 Å². The van der Waals surface area contributed by atoms with E-state index in [0.717, 1.165) is 33.6 Å². The molecule has 5 nitrogen and oxygen atoms in total. The highest BCUT2D eigenvalue weighted by atomic mass is 32.2. The van der Waals surface area contributed by atoms with Crippen LogP contribution in [0.2, 0.25) is 0 Å². The maximum absolute atomic E-state index is 13.9. The lowest BCUT2D eigenvalue weighted by molar-refractivity contribution is -0.127. The quantitative estimate of drug-likeness (QED) is 0.734. The summed E-state index contributed by atoms with van der Waals surface area (Å²) in [4.78, 5) is 12.9. The molecule has 2 aromatic carbocycles. The second-order valence-corrected chi connectivity index (χ2v) is 8.40. The van der Waals surface area contributed by atoms with E-state index in [1.54, 1.807) is 6.08 Å².